The molecule has 0 saturated carbocycles. The molecule has 2 N–H and O–H groups in total. The summed E-state index contributed by atoms with van der Waals surface area (Å²) < 4.78 is 0. The molecule has 84 valence electrons. The minimum Gasteiger partial charge on any atom is -0.351 e. The van der Waals surface area contributed by atoms with Gasteiger partial charge in [-0.25, -0.2) is 0 Å². The van der Waals surface area contributed by atoms with Gasteiger partial charge in [0.1, 0.15) is 6.61 Å². The molecule has 0 bridgehead atoms. The van der Waals surface area contributed by atoms with Crippen molar-refractivity contribution in [3.05, 3.63) is 35.9 Å². The Morgan fingerprint density at radius 1 is 1.38 bits per heavy atom. The number of hydroxylamine groups is 1. The average Bonchev–Trinajstić information content (AvgIpc) is 2.33. The van der Waals surface area contributed by atoms with Crippen LogP contribution in [-0.4, -0.2) is 19.1 Å². The molecule has 4 heteroatoms. The molecular weight excluding hydrogens is 204 g/mol. The summed E-state index contributed by atoms with van der Waals surface area (Å²) in [6, 6.07) is 9.68. The number of amides is 1. The molecule has 1 aromatic carbocycles. The number of nitrogens with one attached hydrogen (secondary N) is 2. The topological polar surface area (TPSA) is 50.4 Å². The van der Waals surface area contributed by atoms with E-state index in [1.807, 2.05) is 30.3 Å². The van der Waals surface area contributed by atoms with Gasteiger partial charge in [0, 0.05) is 6.54 Å². The summed E-state index contributed by atoms with van der Waals surface area (Å²) in [5.41, 5.74) is 3.52. The fourth-order valence-corrected chi connectivity index (χ4v) is 1.07. The number of rotatable bonds is 6. The van der Waals surface area contributed by atoms with E-state index in [4.69, 9.17) is 11.3 Å². The normalized spacial score (nSPS) is 9.44. The number of benzene rings is 1. The lowest BCUT2D eigenvalue weighted by atomic mass is 10.2. The molecule has 1 aromatic rings. The molecule has 4 nitrogen and oxygen atoms in total. The quantitative estimate of drug-likeness (QED) is 0.414. The Bertz CT molecular complexity index is 357. The van der Waals surface area contributed by atoms with E-state index >= 15 is 0 Å². The van der Waals surface area contributed by atoms with E-state index in [1.54, 1.807) is 0 Å². The fraction of sp³-hybridized carbons (Fsp3) is 0.250. The highest BCUT2D eigenvalue weighted by atomic mass is 16.6. The van der Waals surface area contributed by atoms with Crippen molar-refractivity contribution in [2.75, 3.05) is 13.2 Å². The van der Waals surface area contributed by atoms with Crippen molar-refractivity contribution in [3.63, 3.8) is 0 Å². The molecular formula is C12H14N2O2. The highest BCUT2D eigenvalue weighted by Crippen LogP contribution is 1.96. The number of hydrogen-bond donors (Lipinski definition) is 2. The van der Waals surface area contributed by atoms with Crippen molar-refractivity contribution in [2.45, 2.75) is 6.54 Å². The van der Waals surface area contributed by atoms with Crippen molar-refractivity contribution < 1.29 is 9.63 Å². The molecule has 0 aliphatic rings. The van der Waals surface area contributed by atoms with Crippen molar-refractivity contribution in [2.24, 2.45) is 0 Å². The third-order valence-corrected chi connectivity index (χ3v) is 1.82. The maximum Gasteiger partial charge on any atom is 0.236 e. The Morgan fingerprint density at radius 3 is 2.81 bits per heavy atom. The first kappa shape index (κ1) is 12.2. The Kier molecular flexibility index (Phi) is 5.71. The predicted octanol–water partition coefficient (Wildman–Crippen LogP) is 0.457. The molecule has 16 heavy (non-hydrogen) atoms. The molecule has 1 amide bonds. The Balaban J connectivity index is 2.14. The summed E-state index contributed by atoms with van der Waals surface area (Å²) in [6.45, 7) is 0.747. The van der Waals surface area contributed by atoms with Gasteiger partial charge in [-0.15, -0.1) is 6.42 Å². The molecule has 0 spiro atoms. The van der Waals surface area contributed by atoms with Gasteiger partial charge in [-0.05, 0) is 5.56 Å². The highest BCUT2D eigenvalue weighted by molar-refractivity contribution is 5.77. The van der Waals surface area contributed by atoms with Gasteiger partial charge in [0.15, 0.2) is 0 Å². The summed E-state index contributed by atoms with van der Waals surface area (Å²) in [5, 5.41) is 2.74. The zero-order chi connectivity index (χ0) is 11.6. The van der Waals surface area contributed by atoms with Gasteiger partial charge < -0.3 is 5.32 Å². The number of terminal acetylenes is 1. The fourth-order valence-electron chi connectivity index (χ4n) is 1.07. The van der Waals surface area contributed by atoms with Crippen LogP contribution in [0.3, 0.4) is 0 Å². The maximum absolute atomic E-state index is 11.3. The van der Waals surface area contributed by atoms with E-state index in [-0.39, 0.29) is 19.1 Å². The molecule has 0 aliphatic heterocycles. The Labute approximate surface area is 94.9 Å². The largest absolute Gasteiger partial charge is 0.351 e. The highest BCUT2D eigenvalue weighted by Gasteiger charge is 1.99. The van der Waals surface area contributed by atoms with E-state index < -0.39 is 0 Å². The second-order valence-corrected chi connectivity index (χ2v) is 3.08. The average molecular weight is 218 g/mol. The van der Waals surface area contributed by atoms with Gasteiger partial charge in [-0.3, -0.25) is 9.63 Å². The lowest BCUT2D eigenvalue weighted by Crippen LogP contribution is -2.33. The zero-order valence-electron chi connectivity index (χ0n) is 8.90. The van der Waals surface area contributed by atoms with Gasteiger partial charge in [-0.1, -0.05) is 36.3 Å². The van der Waals surface area contributed by atoms with Gasteiger partial charge >= 0.3 is 0 Å². The van der Waals surface area contributed by atoms with Crippen molar-refractivity contribution in [3.8, 4) is 12.3 Å². The van der Waals surface area contributed by atoms with Crippen LogP contribution in [0.25, 0.3) is 0 Å². The minimum absolute atomic E-state index is 0.0918. The molecule has 0 radical (unpaired) electrons. The smallest absolute Gasteiger partial charge is 0.236 e. The second-order valence-electron chi connectivity index (χ2n) is 3.08. The van der Waals surface area contributed by atoms with Gasteiger partial charge in [0.25, 0.3) is 0 Å². The SMILES string of the molecule is C#CCONCC(=O)NCc1ccccc1. The molecule has 0 atom stereocenters. The van der Waals surface area contributed by atoms with E-state index in [1.165, 1.54) is 0 Å². The standard InChI is InChI=1S/C12H14N2O2/c1-2-8-16-14-10-12(15)13-9-11-6-4-3-5-7-11/h1,3-7,14H,8-10H2,(H,13,15). The first-order valence-electron chi connectivity index (χ1n) is 4.91. The number of hydrogen-bond acceptors (Lipinski definition) is 3. The first-order chi connectivity index (χ1) is 7.83. The molecule has 0 fully saturated rings. The van der Waals surface area contributed by atoms with Crippen LogP contribution < -0.4 is 10.8 Å². The van der Waals surface area contributed by atoms with Gasteiger partial charge in [0.05, 0.1) is 6.54 Å². The lowest BCUT2D eigenvalue weighted by molar-refractivity contribution is -0.122. The predicted molar refractivity (Wildman–Crippen MR) is 61.1 cm³/mol. The lowest BCUT2D eigenvalue weighted by Gasteiger charge is -2.05. The Hall–Kier alpha value is -1.83. The van der Waals surface area contributed by atoms with Crippen LogP contribution in [0.5, 0.6) is 0 Å². The molecule has 0 aromatic heterocycles. The third-order valence-electron chi connectivity index (χ3n) is 1.82. The van der Waals surface area contributed by atoms with Crippen LogP contribution in [0.15, 0.2) is 30.3 Å². The van der Waals surface area contributed by atoms with Crippen LogP contribution in [0.4, 0.5) is 0 Å². The van der Waals surface area contributed by atoms with Crippen LogP contribution >= 0.6 is 0 Å². The van der Waals surface area contributed by atoms with Crippen LogP contribution in [0, 0.1) is 12.3 Å². The summed E-state index contributed by atoms with van der Waals surface area (Å²) in [5.74, 6) is 2.14. The van der Waals surface area contributed by atoms with E-state index in [0.29, 0.717) is 6.54 Å². The molecule has 0 unspecified atom stereocenters. The molecule has 0 aliphatic carbocycles. The monoisotopic (exact) mass is 218 g/mol. The Morgan fingerprint density at radius 2 is 2.12 bits per heavy atom. The summed E-state index contributed by atoms with van der Waals surface area (Å²) in [7, 11) is 0. The van der Waals surface area contributed by atoms with E-state index in [9.17, 15) is 4.79 Å². The van der Waals surface area contributed by atoms with Gasteiger partial charge in [-0.2, -0.15) is 5.48 Å². The van der Waals surface area contributed by atoms with Crippen LogP contribution in [0.1, 0.15) is 5.56 Å². The van der Waals surface area contributed by atoms with Gasteiger partial charge in [0.2, 0.25) is 5.91 Å². The van der Waals surface area contributed by atoms with E-state index in [0.717, 1.165) is 5.56 Å². The van der Waals surface area contributed by atoms with E-state index in [2.05, 4.69) is 16.7 Å². The molecule has 1 rings (SSSR count). The van der Waals surface area contributed by atoms with Crippen molar-refractivity contribution in [1.29, 1.82) is 0 Å². The van der Waals surface area contributed by atoms with Crippen LogP contribution in [0.2, 0.25) is 0 Å². The number of carbonyl (C=O) groups excluding carboxylic acids is 1. The zero-order valence-corrected chi connectivity index (χ0v) is 8.90. The van der Waals surface area contributed by atoms with Crippen molar-refractivity contribution in [1.82, 2.24) is 10.8 Å². The third kappa shape index (κ3) is 5.15. The van der Waals surface area contributed by atoms with Crippen LogP contribution in [-0.2, 0) is 16.2 Å². The van der Waals surface area contributed by atoms with Crippen molar-refractivity contribution >= 4 is 5.91 Å². The molecule has 0 saturated heterocycles. The summed E-state index contributed by atoms with van der Waals surface area (Å²) in [4.78, 5) is 16.0. The number of carbonyl (C=O) groups is 1. The first-order valence-corrected chi connectivity index (χ1v) is 4.91. The molecule has 0 heterocycles. The summed E-state index contributed by atoms with van der Waals surface area (Å²) >= 11 is 0. The summed E-state index contributed by atoms with van der Waals surface area (Å²) in [6.07, 6.45) is 4.96. The second kappa shape index (κ2) is 7.46. The minimum atomic E-state index is -0.138. The maximum atomic E-state index is 11.3.